The van der Waals surface area contributed by atoms with E-state index in [-0.39, 0.29) is 42.5 Å². The van der Waals surface area contributed by atoms with Crippen molar-refractivity contribution in [1.29, 1.82) is 0 Å². The predicted molar refractivity (Wildman–Crippen MR) is 97.8 cm³/mol. The van der Waals surface area contributed by atoms with E-state index in [0.717, 1.165) is 21.8 Å². The van der Waals surface area contributed by atoms with Crippen LogP contribution in [0.4, 0.5) is 22.0 Å². The Morgan fingerprint density at radius 3 is 2.65 bits per heavy atom. The number of carbonyl (C=O) groups excluding carboxylic acids is 1. The van der Waals surface area contributed by atoms with E-state index < -0.39 is 54.7 Å². The third kappa shape index (κ3) is 4.04. The maximum absolute atomic E-state index is 14.1. The van der Waals surface area contributed by atoms with Crippen LogP contribution in [0.2, 0.25) is 5.02 Å². The molecule has 2 aliphatic heterocycles. The molecule has 0 radical (unpaired) electrons. The number of alkyl halides is 4. The van der Waals surface area contributed by atoms with Gasteiger partial charge >= 0.3 is 11.9 Å². The molecule has 168 valence electrons. The van der Waals surface area contributed by atoms with E-state index in [2.05, 4.69) is 10.1 Å². The van der Waals surface area contributed by atoms with E-state index in [1.165, 1.54) is 0 Å². The van der Waals surface area contributed by atoms with Gasteiger partial charge in [0.05, 0.1) is 29.7 Å². The van der Waals surface area contributed by atoms with Crippen LogP contribution in [0.1, 0.15) is 30.4 Å². The molecule has 3 atom stereocenters. The van der Waals surface area contributed by atoms with E-state index in [9.17, 15) is 31.5 Å². The lowest BCUT2D eigenvalue weighted by molar-refractivity contribution is -0.196. The molecule has 0 N–H and O–H groups in total. The Hall–Kier alpha value is -2.50. The number of nitrogens with zero attached hydrogens (tertiary/aromatic N) is 5. The predicted octanol–water partition coefficient (Wildman–Crippen LogP) is 2.52. The fourth-order valence-electron chi connectivity index (χ4n) is 4.07. The molecule has 2 aromatic heterocycles. The number of aromatic nitrogens is 4. The van der Waals surface area contributed by atoms with Gasteiger partial charge in [0, 0.05) is 19.2 Å². The zero-order chi connectivity index (χ0) is 22.5. The van der Waals surface area contributed by atoms with Crippen molar-refractivity contribution in [3.63, 3.8) is 0 Å². The van der Waals surface area contributed by atoms with Gasteiger partial charge in [0.1, 0.15) is 23.9 Å². The van der Waals surface area contributed by atoms with Crippen molar-refractivity contribution in [2.24, 2.45) is 5.92 Å². The molecule has 0 aliphatic carbocycles. The first kappa shape index (κ1) is 21.7. The average molecular weight is 466 g/mol. The molecule has 31 heavy (non-hydrogen) atoms. The first-order valence-corrected chi connectivity index (χ1v) is 9.91. The Labute approximate surface area is 177 Å². The van der Waals surface area contributed by atoms with Gasteiger partial charge < -0.3 is 4.90 Å². The van der Waals surface area contributed by atoms with Gasteiger partial charge in [-0.05, 0) is 18.9 Å². The van der Waals surface area contributed by atoms with Crippen LogP contribution in [0.5, 0.6) is 0 Å². The Balaban J connectivity index is 1.74. The number of rotatable bonds is 3. The van der Waals surface area contributed by atoms with Crippen molar-refractivity contribution >= 4 is 17.5 Å². The zero-order valence-corrected chi connectivity index (χ0v) is 16.7. The van der Waals surface area contributed by atoms with Gasteiger partial charge in [-0.3, -0.25) is 14.3 Å². The van der Waals surface area contributed by atoms with Crippen molar-refractivity contribution in [2.75, 3.05) is 13.1 Å². The van der Waals surface area contributed by atoms with Crippen LogP contribution in [0.3, 0.4) is 0 Å². The van der Waals surface area contributed by atoms with Crippen LogP contribution in [0.25, 0.3) is 0 Å². The molecule has 2 aliphatic rings. The first-order chi connectivity index (χ1) is 14.6. The summed E-state index contributed by atoms with van der Waals surface area (Å²) < 4.78 is 70.3. The fraction of sp³-hybridized carbons (Fsp3) is 0.556. The highest BCUT2D eigenvalue weighted by molar-refractivity contribution is 6.30. The van der Waals surface area contributed by atoms with Gasteiger partial charge in [-0.15, -0.1) is 0 Å². The molecule has 1 saturated heterocycles. The minimum atomic E-state index is -4.75. The smallest absolute Gasteiger partial charge is 0.338 e. The molecule has 2 aromatic rings. The molecule has 2 unspecified atom stereocenters. The minimum Gasteiger partial charge on any atom is -0.338 e. The Morgan fingerprint density at radius 1 is 1.29 bits per heavy atom. The summed E-state index contributed by atoms with van der Waals surface area (Å²) in [4.78, 5) is 30.7. The van der Waals surface area contributed by atoms with E-state index >= 15 is 0 Å². The summed E-state index contributed by atoms with van der Waals surface area (Å²) >= 11 is 5.65. The van der Waals surface area contributed by atoms with E-state index in [1.54, 1.807) is 0 Å². The van der Waals surface area contributed by atoms with Crippen molar-refractivity contribution in [3.8, 4) is 0 Å². The molecule has 0 aromatic carbocycles. The maximum Gasteiger partial charge on any atom is 0.394 e. The van der Waals surface area contributed by atoms with Crippen molar-refractivity contribution in [2.45, 2.75) is 44.2 Å². The number of likely N-dealkylation sites (tertiary alicyclic amines) is 1. The van der Waals surface area contributed by atoms with Crippen LogP contribution >= 0.6 is 11.6 Å². The summed E-state index contributed by atoms with van der Waals surface area (Å²) in [5.41, 5.74) is -1.17. The topological polar surface area (TPSA) is 73.0 Å². The molecule has 4 heterocycles. The number of aryl methyl sites for hydroxylation is 1. The van der Waals surface area contributed by atoms with Gasteiger partial charge in [-0.1, -0.05) is 11.6 Å². The van der Waals surface area contributed by atoms with E-state index in [0.29, 0.717) is 4.57 Å². The maximum atomic E-state index is 14.1. The summed E-state index contributed by atoms with van der Waals surface area (Å²) in [6, 6.07) is -0.907. The number of carbonyl (C=O) groups is 1. The summed E-state index contributed by atoms with van der Waals surface area (Å²) in [6.07, 6.45) is -5.53. The summed E-state index contributed by atoms with van der Waals surface area (Å²) in [5.74, 6) is -3.92. The van der Waals surface area contributed by atoms with Crippen LogP contribution < -0.4 is 5.69 Å². The van der Waals surface area contributed by atoms with Crippen LogP contribution in [-0.4, -0.2) is 55.6 Å². The third-order valence-corrected chi connectivity index (χ3v) is 5.79. The van der Waals surface area contributed by atoms with Crippen LogP contribution in [0, 0.1) is 11.7 Å². The molecule has 13 heteroatoms. The number of fused-ring (bicyclic) bond motifs is 1. The summed E-state index contributed by atoms with van der Waals surface area (Å²) in [5, 5.41) is 4.05. The molecule has 0 saturated carbocycles. The lowest BCUT2D eigenvalue weighted by atomic mass is 9.89. The zero-order valence-electron chi connectivity index (χ0n) is 15.9. The number of hydrogen-bond acceptors (Lipinski definition) is 4. The van der Waals surface area contributed by atoms with Gasteiger partial charge in [-0.25, -0.2) is 18.3 Å². The Kier molecular flexibility index (Phi) is 5.52. The Bertz CT molecular complexity index is 1070. The van der Waals surface area contributed by atoms with Gasteiger partial charge in [0.25, 0.3) is 0 Å². The monoisotopic (exact) mass is 465 g/mol. The second kappa shape index (κ2) is 7.88. The lowest BCUT2D eigenvalue weighted by Crippen LogP contribution is -2.49. The second-order valence-corrected chi connectivity index (χ2v) is 8.05. The third-order valence-electron chi connectivity index (χ3n) is 5.58. The number of amides is 1. The quantitative estimate of drug-likeness (QED) is 0.653. The van der Waals surface area contributed by atoms with Crippen LogP contribution in [-0.2, 0) is 17.8 Å². The van der Waals surface area contributed by atoms with Crippen molar-refractivity contribution in [3.05, 3.63) is 45.1 Å². The lowest BCUT2D eigenvalue weighted by Gasteiger charge is -2.34. The largest absolute Gasteiger partial charge is 0.394 e. The molecule has 0 spiro atoms. The number of pyridine rings is 1. The standard InChI is InChI=1S/C18H17ClF5N5O2/c19-9-5-12(21)13(25-6-9)8-28-17(31)29-14(26-28)2-1-11(18(22,23)24)15(29)16(30)27-4-3-10(20)7-27/h5-6,10-11,15H,1-4,7-8H2/t10-,11?,15?/m0/s1. The SMILES string of the molecule is O=C(C1C(C(F)(F)F)CCc2nn(Cc3ncc(Cl)cc3F)c(=O)n21)N1CC[C@H](F)C1. The van der Waals surface area contributed by atoms with E-state index in [1.807, 2.05) is 0 Å². The fourth-order valence-corrected chi connectivity index (χ4v) is 4.22. The minimum absolute atomic E-state index is 0.0192. The van der Waals surface area contributed by atoms with Crippen LogP contribution in [0.15, 0.2) is 17.1 Å². The molecule has 0 bridgehead atoms. The summed E-state index contributed by atoms with van der Waals surface area (Å²) in [6.45, 7) is -0.799. The van der Waals surface area contributed by atoms with Gasteiger partial charge in [-0.2, -0.15) is 18.3 Å². The van der Waals surface area contributed by atoms with Crippen molar-refractivity contribution < 1.29 is 26.7 Å². The summed E-state index contributed by atoms with van der Waals surface area (Å²) in [7, 11) is 0. The molecule has 1 fully saturated rings. The van der Waals surface area contributed by atoms with Gasteiger partial charge in [0.15, 0.2) is 0 Å². The molecular formula is C18H17ClF5N5O2. The normalized spacial score (nSPS) is 23.8. The van der Waals surface area contributed by atoms with Gasteiger partial charge in [0.2, 0.25) is 5.91 Å². The molecular weight excluding hydrogens is 449 g/mol. The highest BCUT2D eigenvalue weighted by atomic mass is 35.5. The molecule has 7 nitrogen and oxygen atoms in total. The Morgan fingerprint density at radius 2 is 2.03 bits per heavy atom. The van der Waals surface area contributed by atoms with Crippen molar-refractivity contribution in [1.82, 2.24) is 24.2 Å². The number of halogens is 6. The molecule has 1 amide bonds. The highest BCUT2D eigenvalue weighted by Crippen LogP contribution is 2.42. The molecule has 4 rings (SSSR count). The second-order valence-electron chi connectivity index (χ2n) is 7.61. The first-order valence-electron chi connectivity index (χ1n) is 9.54. The number of hydrogen-bond donors (Lipinski definition) is 0. The average Bonchev–Trinajstić information content (AvgIpc) is 3.26. The highest BCUT2D eigenvalue weighted by Gasteiger charge is 2.53. The van der Waals surface area contributed by atoms with E-state index in [4.69, 9.17) is 11.6 Å².